The van der Waals surface area contributed by atoms with Gasteiger partial charge in [-0.15, -0.1) is 0 Å². The fourth-order valence-electron chi connectivity index (χ4n) is 3.12. The van der Waals surface area contributed by atoms with E-state index in [-0.39, 0.29) is 11.6 Å². The zero-order valence-electron chi connectivity index (χ0n) is 14.9. The van der Waals surface area contributed by atoms with E-state index in [0.29, 0.717) is 31.7 Å². The van der Waals surface area contributed by atoms with Crippen LogP contribution < -0.4 is 4.90 Å². The van der Waals surface area contributed by atoms with Crippen LogP contribution in [0.1, 0.15) is 10.4 Å². The Bertz CT molecular complexity index is 998. The molecule has 0 bridgehead atoms. The second kappa shape index (κ2) is 7.43. The number of anilines is 1. The van der Waals surface area contributed by atoms with Crippen LogP contribution in [0.2, 0.25) is 0 Å². The maximum absolute atomic E-state index is 12.7. The van der Waals surface area contributed by atoms with Gasteiger partial charge in [0, 0.05) is 62.3 Å². The number of imidazole rings is 1. The van der Waals surface area contributed by atoms with Crippen molar-refractivity contribution in [2.24, 2.45) is 0 Å². The van der Waals surface area contributed by atoms with Crippen LogP contribution in [-0.2, 0) is 0 Å². The van der Waals surface area contributed by atoms with Gasteiger partial charge in [-0.3, -0.25) is 19.5 Å². The molecule has 1 fully saturated rings. The van der Waals surface area contributed by atoms with Crippen LogP contribution in [0.15, 0.2) is 55.4 Å². The van der Waals surface area contributed by atoms with Crippen LogP contribution in [-0.4, -0.2) is 61.4 Å². The molecule has 142 valence electrons. The molecular formula is C18H17N7O3. The molecule has 3 heterocycles. The third kappa shape index (κ3) is 3.52. The van der Waals surface area contributed by atoms with Gasteiger partial charge in [0.1, 0.15) is 24.3 Å². The molecule has 10 nitrogen and oxygen atoms in total. The van der Waals surface area contributed by atoms with Crippen molar-refractivity contribution in [3.8, 4) is 5.82 Å². The Morgan fingerprint density at radius 2 is 1.86 bits per heavy atom. The first kappa shape index (κ1) is 17.6. The second-order valence-electron chi connectivity index (χ2n) is 6.29. The number of benzene rings is 1. The molecule has 0 aliphatic carbocycles. The van der Waals surface area contributed by atoms with Gasteiger partial charge in [0.15, 0.2) is 0 Å². The highest BCUT2D eigenvalue weighted by atomic mass is 16.6. The zero-order chi connectivity index (χ0) is 19.5. The first-order valence-corrected chi connectivity index (χ1v) is 8.71. The van der Waals surface area contributed by atoms with Crippen LogP contribution in [0.3, 0.4) is 0 Å². The first-order chi connectivity index (χ1) is 13.6. The lowest BCUT2D eigenvalue weighted by molar-refractivity contribution is -0.384. The topological polar surface area (TPSA) is 110 Å². The van der Waals surface area contributed by atoms with Gasteiger partial charge < -0.3 is 9.80 Å². The summed E-state index contributed by atoms with van der Waals surface area (Å²) in [6, 6.07) is 7.70. The molecule has 0 unspecified atom stereocenters. The Labute approximate surface area is 160 Å². The van der Waals surface area contributed by atoms with Crippen LogP contribution in [0.5, 0.6) is 0 Å². The second-order valence-corrected chi connectivity index (χ2v) is 6.29. The van der Waals surface area contributed by atoms with Crippen molar-refractivity contribution >= 4 is 17.4 Å². The molecule has 0 saturated carbocycles. The molecule has 0 radical (unpaired) electrons. The molecule has 3 aromatic rings. The van der Waals surface area contributed by atoms with Gasteiger partial charge in [-0.05, 0) is 6.07 Å². The third-order valence-electron chi connectivity index (χ3n) is 4.60. The van der Waals surface area contributed by atoms with E-state index in [1.54, 1.807) is 28.1 Å². The number of rotatable bonds is 4. The van der Waals surface area contributed by atoms with Gasteiger partial charge in [0.2, 0.25) is 0 Å². The largest absolute Gasteiger partial charge is 0.353 e. The van der Waals surface area contributed by atoms with Gasteiger partial charge in [-0.1, -0.05) is 6.07 Å². The summed E-state index contributed by atoms with van der Waals surface area (Å²) in [7, 11) is 0. The van der Waals surface area contributed by atoms with Gasteiger partial charge in [0.25, 0.3) is 11.6 Å². The Morgan fingerprint density at radius 3 is 2.57 bits per heavy atom. The molecule has 1 amide bonds. The predicted octanol–water partition coefficient (Wildman–Crippen LogP) is 1.53. The fourth-order valence-corrected chi connectivity index (χ4v) is 3.12. The Morgan fingerprint density at radius 1 is 1.07 bits per heavy atom. The van der Waals surface area contributed by atoms with Crippen LogP contribution in [0.4, 0.5) is 11.5 Å². The number of nitro benzene ring substituents is 1. The minimum Gasteiger partial charge on any atom is -0.353 e. The van der Waals surface area contributed by atoms with Crippen LogP contribution in [0, 0.1) is 10.1 Å². The Hall–Kier alpha value is -3.82. The highest BCUT2D eigenvalue weighted by Crippen LogP contribution is 2.19. The average molecular weight is 379 g/mol. The van der Waals surface area contributed by atoms with E-state index < -0.39 is 4.92 Å². The van der Waals surface area contributed by atoms with Crippen molar-refractivity contribution in [2.45, 2.75) is 0 Å². The van der Waals surface area contributed by atoms with E-state index in [9.17, 15) is 14.9 Å². The number of carbonyl (C=O) groups is 1. The summed E-state index contributed by atoms with van der Waals surface area (Å²) >= 11 is 0. The molecule has 2 aromatic heterocycles. The number of carbonyl (C=O) groups excluding carboxylic acids is 1. The Kier molecular flexibility index (Phi) is 4.67. The lowest BCUT2D eigenvalue weighted by atomic mass is 10.1. The van der Waals surface area contributed by atoms with Crippen molar-refractivity contribution < 1.29 is 9.72 Å². The molecule has 28 heavy (non-hydrogen) atoms. The predicted molar refractivity (Wildman–Crippen MR) is 100 cm³/mol. The summed E-state index contributed by atoms with van der Waals surface area (Å²) in [6.45, 7) is 2.24. The molecule has 1 aromatic carbocycles. The van der Waals surface area contributed by atoms with Crippen LogP contribution >= 0.6 is 0 Å². The maximum Gasteiger partial charge on any atom is 0.270 e. The van der Waals surface area contributed by atoms with Crippen molar-refractivity contribution in [1.29, 1.82) is 0 Å². The SMILES string of the molecule is O=C(c1cccc([N+](=O)[O-])c1)N1CCN(c2cc(-n3ccnc3)ncn2)CC1. The quantitative estimate of drug-likeness (QED) is 0.499. The van der Waals surface area contributed by atoms with E-state index in [1.807, 2.05) is 12.3 Å². The molecule has 0 spiro atoms. The molecule has 1 aliphatic heterocycles. The zero-order valence-corrected chi connectivity index (χ0v) is 14.9. The molecule has 0 atom stereocenters. The minimum absolute atomic E-state index is 0.0856. The van der Waals surface area contributed by atoms with Crippen molar-refractivity contribution in [2.75, 3.05) is 31.1 Å². The number of nitrogens with zero attached hydrogens (tertiary/aromatic N) is 7. The number of hydrogen-bond donors (Lipinski definition) is 0. The molecule has 1 aliphatic rings. The van der Waals surface area contributed by atoms with E-state index in [0.717, 1.165) is 11.6 Å². The van der Waals surface area contributed by atoms with E-state index in [1.165, 1.54) is 24.5 Å². The fraction of sp³-hybridized carbons (Fsp3) is 0.222. The molecule has 10 heteroatoms. The summed E-state index contributed by atoms with van der Waals surface area (Å²) in [5.41, 5.74) is 0.240. The monoisotopic (exact) mass is 379 g/mol. The Balaban J connectivity index is 1.44. The summed E-state index contributed by atoms with van der Waals surface area (Å²) in [6.07, 6.45) is 6.66. The summed E-state index contributed by atoms with van der Waals surface area (Å²) in [5, 5.41) is 10.9. The average Bonchev–Trinajstić information content (AvgIpc) is 3.28. The maximum atomic E-state index is 12.7. The number of aromatic nitrogens is 4. The van der Waals surface area contributed by atoms with Gasteiger partial charge in [-0.2, -0.15) is 0 Å². The number of amides is 1. The van der Waals surface area contributed by atoms with Gasteiger partial charge >= 0.3 is 0 Å². The molecular weight excluding hydrogens is 362 g/mol. The molecule has 1 saturated heterocycles. The standard InChI is InChI=1S/C18H17N7O3/c26-18(14-2-1-3-15(10-14)25(27)28)23-8-6-22(7-9-23)16-11-17(21-12-20-16)24-5-4-19-13-24/h1-5,10-13H,6-9H2. The highest BCUT2D eigenvalue weighted by Gasteiger charge is 2.24. The van der Waals surface area contributed by atoms with E-state index in [4.69, 9.17) is 0 Å². The lowest BCUT2D eigenvalue weighted by Gasteiger charge is -2.35. The number of hydrogen-bond acceptors (Lipinski definition) is 7. The first-order valence-electron chi connectivity index (χ1n) is 8.71. The lowest BCUT2D eigenvalue weighted by Crippen LogP contribution is -2.49. The van der Waals surface area contributed by atoms with Crippen molar-refractivity contribution in [3.63, 3.8) is 0 Å². The van der Waals surface area contributed by atoms with Crippen molar-refractivity contribution in [1.82, 2.24) is 24.4 Å². The van der Waals surface area contributed by atoms with Crippen molar-refractivity contribution in [3.05, 3.63) is 71.1 Å². The highest BCUT2D eigenvalue weighted by molar-refractivity contribution is 5.95. The minimum atomic E-state index is -0.498. The van der Waals surface area contributed by atoms with Gasteiger partial charge in [-0.25, -0.2) is 15.0 Å². The summed E-state index contributed by atoms with van der Waals surface area (Å²) < 4.78 is 1.80. The number of non-ortho nitro benzene ring substituents is 1. The summed E-state index contributed by atoms with van der Waals surface area (Å²) in [5.74, 6) is 1.30. The van der Waals surface area contributed by atoms with Gasteiger partial charge in [0.05, 0.1) is 4.92 Å². The normalized spacial score (nSPS) is 14.1. The number of nitro groups is 1. The smallest absolute Gasteiger partial charge is 0.270 e. The molecule has 4 rings (SSSR count). The number of piperazine rings is 1. The molecule has 0 N–H and O–H groups in total. The van der Waals surface area contributed by atoms with E-state index >= 15 is 0 Å². The van der Waals surface area contributed by atoms with E-state index in [2.05, 4.69) is 19.9 Å². The summed E-state index contributed by atoms with van der Waals surface area (Å²) in [4.78, 5) is 39.5. The van der Waals surface area contributed by atoms with Crippen LogP contribution in [0.25, 0.3) is 5.82 Å². The third-order valence-corrected chi connectivity index (χ3v) is 4.60.